The smallest absolute Gasteiger partial charge is 0.121 e. The van der Waals surface area contributed by atoms with Crippen molar-refractivity contribution in [2.24, 2.45) is 0 Å². The third-order valence-corrected chi connectivity index (χ3v) is 5.52. The van der Waals surface area contributed by atoms with E-state index in [0.29, 0.717) is 5.92 Å². The van der Waals surface area contributed by atoms with E-state index >= 15 is 0 Å². The van der Waals surface area contributed by atoms with Gasteiger partial charge in [0.25, 0.3) is 0 Å². The molecule has 1 aromatic carbocycles. The molecular formula is C18H26N4O. The molecule has 1 atom stereocenters. The predicted molar refractivity (Wildman–Crippen MR) is 92.1 cm³/mol. The molecule has 0 saturated carbocycles. The van der Waals surface area contributed by atoms with Gasteiger partial charge in [-0.1, -0.05) is 0 Å². The standard InChI is InChI=1S/C18H26N4O/c1-21-8-6-14(7-9-21)22-10-5-13(12-22)18-19-16-4-3-15(23-2)11-17(16)20-18/h3-4,11,13-14H,5-10,12H2,1-2H3,(H,19,20)/t13-/m0/s1. The number of nitrogens with one attached hydrogen (secondary N) is 1. The Morgan fingerprint density at radius 1 is 1.17 bits per heavy atom. The van der Waals surface area contributed by atoms with E-state index in [4.69, 9.17) is 9.72 Å². The summed E-state index contributed by atoms with van der Waals surface area (Å²) in [5, 5.41) is 0. The van der Waals surface area contributed by atoms with Crippen LogP contribution in [-0.4, -0.2) is 66.1 Å². The molecule has 23 heavy (non-hydrogen) atoms. The Bertz CT molecular complexity index is 675. The minimum absolute atomic E-state index is 0.535. The van der Waals surface area contributed by atoms with Crippen LogP contribution in [0.4, 0.5) is 0 Å². The van der Waals surface area contributed by atoms with Crippen LogP contribution in [0.15, 0.2) is 18.2 Å². The SMILES string of the molecule is COc1ccc2nc([C@H]3CCN(C4CCN(C)CC4)C3)[nH]c2c1. The van der Waals surface area contributed by atoms with Gasteiger partial charge in [-0.2, -0.15) is 0 Å². The van der Waals surface area contributed by atoms with Crippen molar-refractivity contribution in [2.75, 3.05) is 40.3 Å². The average molecular weight is 314 g/mol. The van der Waals surface area contributed by atoms with E-state index in [1.807, 2.05) is 18.2 Å². The van der Waals surface area contributed by atoms with Gasteiger partial charge in [0, 0.05) is 24.6 Å². The molecule has 4 rings (SSSR count). The van der Waals surface area contributed by atoms with Gasteiger partial charge < -0.3 is 14.6 Å². The summed E-state index contributed by atoms with van der Waals surface area (Å²) in [6, 6.07) is 6.82. The highest BCUT2D eigenvalue weighted by molar-refractivity contribution is 5.76. The van der Waals surface area contributed by atoms with Crippen molar-refractivity contribution in [3.63, 3.8) is 0 Å². The Kier molecular flexibility index (Phi) is 3.99. The summed E-state index contributed by atoms with van der Waals surface area (Å²) in [5.41, 5.74) is 2.12. The maximum Gasteiger partial charge on any atom is 0.121 e. The average Bonchev–Trinajstić information content (AvgIpc) is 3.21. The number of H-pyrrole nitrogens is 1. The number of ether oxygens (including phenoxy) is 1. The van der Waals surface area contributed by atoms with Gasteiger partial charge in [0.05, 0.1) is 18.1 Å². The fraction of sp³-hybridized carbons (Fsp3) is 0.611. The molecular weight excluding hydrogens is 288 g/mol. The monoisotopic (exact) mass is 314 g/mol. The zero-order valence-corrected chi connectivity index (χ0v) is 14.1. The number of methoxy groups -OCH3 is 1. The third kappa shape index (κ3) is 2.95. The van der Waals surface area contributed by atoms with Gasteiger partial charge in [0.1, 0.15) is 11.6 Å². The number of imidazole rings is 1. The van der Waals surface area contributed by atoms with Crippen LogP contribution in [0.2, 0.25) is 0 Å². The van der Waals surface area contributed by atoms with Crippen molar-refractivity contribution < 1.29 is 4.74 Å². The first kappa shape index (κ1) is 15.0. The second kappa shape index (κ2) is 6.13. The zero-order valence-electron chi connectivity index (χ0n) is 14.1. The van der Waals surface area contributed by atoms with Crippen LogP contribution < -0.4 is 4.74 Å². The Hall–Kier alpha value is -1.59. The van der Waals surface area contributed by atoms with E-state index in [9.17, 15) is 0 Å². The number of aromatic amines is 1. The Morgan fingerprint density at radius 2 is 2.00 bits per heavy atom. The van der Waals surface area contributed by atoms with Gasteiger partial charge >= 0.3 is 0 Å². The van der Waals surface area contributed by atoms with Crippen LogP contribution in [0.3, 0.4) is 0 Å². The van der Waals surface area contributed by atoms with E-state index in [-0.39, 0.29) is 0 Å². The molecule has 2 saturated heterocycles. The first-order valence-electron chi connectivity index (χ1n) is 8.69. The molecule has 1 N–H and O–H groups in total. The van der Waals surface area contributed by atoms with E-state index in [1.54, 1.807) is 7.11 Å². The zero-order chi connectivity index (χ0) is 15.8. The van der Waals surface area contributed by atoms with Crippen molar-refractivity contribution in [1.29, 1.82) is 0 Å². The molecule has 2 fully saturated rings. The highest BCUT2D eigenvalue weighted by atomic mass is 16.5. The highest BCUT2D eigenvalue weighted by Gasteiger charge is 2.32. The molecule has 0 spiro atoms. The quantitative estimate of drug-likeness (QED) is 0.945. The molecule has 0 aliphatic carbocycles. The number of aromatic nitrogens is 2. The number of hydrogen-bond acceptors (Lipinski definition) is 4. The lowest BCUT2D eigenvalue weighted by atomic mass is 10.0. The summed E-state index contributed by atoms with van der Waals surface area (Å²) in [4.78, 5) is 13.5. The summed E-state index contributed by atoms with van der Waals surface area (Å²) in [5.74, 6) is 2.56. The van der Waals surface area contributed by atoms with Gasteiger partial charge in [-0.05, 0) is 58.1 Å². The molecule has 124 valence electrons. The fourth-order valence-electron chi connectivity index (χ4n) is 4.03. The molecule has 5 heteroatoms. The molecule has 5 nitrogen and oxygen atoms in total. The van der Waals surface area contributed by atoms with E-state index in [2.05, 4.69) is 21.8 Å². The van der Waals surface area contributed by atoms with E-state index < -0.39 is 0 Å². The highest BCUT2D eigenvalue weighted by Crippen LogP contribution is 2.31. The number of likely N-dealkylation sites (tertiary alicyclic amines) is 2. The fourth-order valence-corrected chi connectivity index (χ4v) is 4.03. The lowest BCUT2D eigenvalue weighted by molar-refractivity contribution is 0.142. The lowest BCUT2D eigenvalue weighted by Crippen LogP contribution is -2.42. The molecule has 1 aromatic heterocycles. The van der Waals surface area contributed by atoms with Crippen LogP contribution in [0, 0.1) is 0 Å². The molecule has 0 bridgehead atoms. The first-order valence-corrected chi connectivity index (χ1v) is 8.69. The summed E-state index contributed by atoms with van der Waals surface area (Å²) in [6.07, 6.45) is 3.82. The Morgan fingerprint density at radius 3 is 2.78 bits per heavy atom. The molecule has 2 aromatic rings. The normalized spacial score (nSPS) is 24.5. The lowest BCUT2D eigenvalue weighted by Gasteiger charge is -2.35. The van der Waals surface area contributed by atoms with Crippen LogP contribution in [0.1, 0.15) is 31.0 Å². The molecule has 0 radical (unpaired) electrons. The maximum absolute atomic E-state index is 5.30. The summed E-state index contributed by atoms with van der Waals surface area (Å²) in [7, 11) is 3.93. The minimum Gasteiger partial charge on any atom is -0.497 e. The number of hydrogen-bond donors (Lipinski definition) is 1. The van der Waals surface area contributed by atoms with Gasteiger partial charge in [-0.25, -0.2) is 4.98 Å². The first-order chi connectivity index (χ1) is 11.2. The second-order valence-electron chi connectivity index (χ2n) is 7.02. The molecule has 0 amide bonds. The maximum atomic E-state index is 5.30. The number of rotatable bonds is 3. The van der Waals surface area contributed by atoms with Gasteiger partial charge in [0.2, 0.25) is 0 Å². The van der Waals surface area contributed by atoms with Crippen molar-refractivity contribution >= 4 is 11.0 Å². The van der Waals surface area contributed by atoms with Crippen molar-refractivity contribution in [3.05, 3.63) is 24.0 Å². The topological polar surface area (TPSA) is 44.4 Å². The van der Waals surface area contributed by atoms with Crippen molar-refractivity contribution in [2.45, 2.75) is 31.2 Å². The number of fused-ring (bicyclic) bond motifs is 1. The van der Waals surface area contributed by atoms with Crippen LogP contribution in [0.25, 0.3) is 11.0 Å². The Labute approximate surface area is 137 Å². The van der Waals surface area contributed by atoms with Crippen LogP contribution in [0.5, 0.6) is 5.75 Å². The summed E-state index contributed by atoms with van der Waals surface area (Å²) in [6.45, 7) is 4.82. The molecule has 0 unspecified atom stereocenters. The number of nitrogens with zero attached hydrogens (tertiary/aromatic N) is 3. The molecule has 2 aliphatic rings. The van der Waals surface area contributed by atoms with Gasteiger partial charge in [-0.3, -0.25) is 4.90 Å². The molecule has 3 heterocycles. The minimum atomic E-state index is 0.535. The third-order valence-electron chi connectivity index (χ3n) is 5.52. The summed E-state index contributed by atoms with van der Waals surface area (Å²) < 4.78 is 5.30. The molecule has 2 aliphatic heterocycles. The largest absolute Gasteiger partial charge is 0.497 e. The Balaban J connectivity index is 1.47. The summed E-state index contributed by atoms with van der Waals surface area (Å²) >= 11 is 0. The van der Waals surface area contributed by atoms with Gasteiger partial charge in [-0.15, -0.1) is 0 Å². The van der Waals surface area contributed by atoms with E-state index in [1.165, 1.54) is 38.9 Å². The van der Waals surface area contributed by atoms with Crippen molar-refractivity contribution in [1.82, 2.24) is 19.8 Å². The van der Waals surface area contributed by atoms with E-state index in [0.717, 1.165) is 35.2 Å². The van der Waals surface area contributed by atoms with Crippen LogP contribution in [-0.2, 0) is 0 Å². The van der Waals surface area contributed by atoms with Crippen molar-refractivity contribution in [3.8, 4) is 5.75 Å². The van der Waals surface area contributed by atoms with Crippen LogP contribution >= 0.6 is 0 Å². The predicted octanol–water partition coefficient (Wildman–Crippen LogP) is 2.46. The number of benzene rings is 1. The number of piperidine rings is 1. The second-order valence-corrected chi connectivity index (χ2v) is 7.02. The van der Waals surface area contributed by atoms with Gasteiger partial charge in [0.15, 0.2) is 0 Å².